The molecule has 0 unspecified atom stereocenters. The third-order valence-corrected chi connectivity index (χ3v) is 2.54. The van der Waals surface area contributed by atoms with E-state index >= 15 is 0 Å². The molecule has 106 valence electrons. The monoisotopic (exact) mass is 293 g/mol. The summed E-state index contributed by atoms with van der Waals surface area (Å²) in [7, 11) is 0. The zero-order valence-corrected chi connectivity index (χ0v) is 12.1. The standard InChI is InChI=1S/C13H16ClN5O/c1-8(2)20-10-5-3-9(4-6-10)16-13-18-11(7-14)17-12(15)19-13/h3-6,8H,7H2,1-2H3,(H3,15,16,17,18,19). The molecule has 0 spiro atoms. The van der Waals surface area contributed by atoms with Crippen molar-refractivity contribution in [1.29, 1.82) is 0 Å². The van der Waals surface area contributed by atoms with E-state index in [0.717, 1.165) is 11.4 Å². The molecule has 3 N–H and O–H groups in total. The van der Waals surface area contributed by atoms with Crippen LogP contribution in [-0.2, 0) is 5.88 Å². The first kappa shape index (κ1) is 14.3. The number of nitrogens with zero attached hydrogens (tertiary/aromatic N) is 3. The summed E-state index contributed by atoms with van der Waals surface area (Å²) in [6.07, 6.45) is 0.142. The van der Waals surface area contributed by atoms with Gasteiger partial charge in [0.05, 0.1) is 12.0 Å². The van der Waals surface area contributed by atoms with Gasteiger partial charge in [-0.05, 0) is 38.1 Å². The Balaban J connectivity index is 2.11. The molecule has 1 aromatic carbocycles. The number of rotatable bonds is 5. The van der Waals surface area contributed by atoms with Crippen LogP contribution in [0.1, 0.15) is 19.7 Å². The summed E-state index contributed by atoms with van der Waals surface area (Å²) in [5, 5.41) is 3.04. The lowest BCUT2D eigenvalue weighted by Crippen LogP contribution is -2.07. The first-order valence-corrected chi connectivity index (χ1v) is 6.70. The van der Waals surface area contributed by atoms with Crippen molar-refractivity contribution >= 4 is 29.2 Å². The van der Waals surface area contributed by atoms with Crippen LogP contribution in [0.15, 0.2) is 24.3 Å². The van der Waals surface area contributed by atoms with Crippen molar-refractivity contribution in [3.05, 3.63) is 30.1 Å². The highest BCUT2D eigenvalue weighted by Gasteiger charge is 2.04. The molecule has 2 rings (SSSR count). The SMILES string of the molecule is CC(C)Oc1ccc(Nc2nc(N)nc(CCl)n2)cc1. The lowest BCUT2D eigenvalue weighted by molar-refractivity contribution is 0.242. The van der Waals surface area contributed by atoms with Gasteiger partial charge >= 0.3 is 0 Å². The van der Waals surface area contributed by atoms with Crippen LogP contribution in [0.25, 0.3) is 0 Å². The molecule has 7 heteroatoms. The fourth-order valence-corrected chi connectivity index (χ4v) is 1.69. The van der Waals surface area contributed by atoms with E-state index in [1.807, 2.05) is 38.1 Å². The molecule has 0 saturated heterocycles. The normalized spacial score (nSPS) is 10.6. The number of nitrogens with one attached hydrogen (secondary N) is 1. The van der Waals surface area contributed by atoms with Gasteiger partial charge in [-0.2, -0.15) is 15.0 Å². The second kappa shape index (κ2) is 6.38. The third kappa shape index (κ3) is 3.96. The molecule has 0 fully saturated rings. The van der Waals surface area contributed by atoms with E-state index in [9.17, 15) is 0 Å². The number of nitrogens with two attached hydrogens (primary N) is 1. The van der Waals surface area contributed by atoms with Gasteiger partial charge in [0.2, 0.25) is 11.9 Å². The molecule has 0 bridgehead atoms. The minimum atomic E-state index is 0.137. The minimum Gasteiger partial charge on any atom is -0.491 e. The maximum atomic E-state index is 5.69. The van der Waals surface area contributed by atoms with Crippen molar-refractivity contribution in [2.24, 2.45) is 0 Å². The summed E-state index contributed by atoms with van der Waals surface area (Å²) in [6.45, 7) is 3.96. The van der Waals surface area contributed by atoms with Crippen LogP contribution in [0.5, 0.6) is 5.75 Å². The van der Waals surface area contributed by atoms with Crippen molar-refractivity contribution in [2.45, 2.75) is 25.8 Å². The molecule has 0 saturated carbocycles. The molecule has 0 atom stereocenters. The Hall–Kier alpha value is -2.08. The Kier molecular flexibility index (Phi) is 4.57. The second-order valence-corrected chi connectivity index (χ2v) is 4.65. The zero-order chi connectivity index (χ0) is 14.5. The van der Waals surface area contributed by atoms with Crippen LogP contribution in [0.3, 0.4) is 0 Å². The van der Waals surface area contributed by atoms with E-state index < -0.39 is 0 Å². The highest BCUT2D eigenvalue weighted by molar-refractivity contribution is 6.16. The van der Waals surface area contributed by atoms with E-state index in [0.29, 0.717) is 11.8 Å². The molecule has 0 aliphatic carbocycles. The summed E-state index contributed by atoms with van der Waals surface area (Å²) in [4.78, 5) is 12.0. The van der Waals surface area contributed by atoms with Gasteiger partial charge in [-0.3, -0.25) is 0 Å². The van der Waals surface area contributed by atoms with Crippen LogP contribution in [0.2, 0.25) is 0 Å². The molecule has 0 radical (unpaired) electrons. The van der Waals surface area contributed by atoms with E-state index in [1.165, 1.54) is 0 Å². The maximum Gasteiger partial charge on any atom is 0.232 e. The molecule has 0 aliphatic heterocycles. The second-order valence-electron chi connectivity index (χ2n) is 4.38. The lowest BCUT2D eigenvalue weighted by Gasteiger charge is -2.10. The topological polar surface area (TPSA) is 86.0 Å². The summed E-state index contributed by atoms with van der Waals surface area (Å²) < 4.78 is 5.57. The number of halogens is 1. The molecule has 6 nitrogen and oxygen atoms in total. The number of hydrogen-bond acceptors (Lipinski definition) is 6. The Morgan fingerprint density at radius 2 is 1.90 bits per heavy atom. The van der Waals surface area contributed by atoms with Crippen molar-refractivity contribution in [2.75, 3.05) is 11.1 Å². The average molecular weight is 294 g/mol. The van der Waals surface area contributed by atoms with Crippen molar-refractivity contribution in [3.63, 3.8) is 0 Å². The van der Waals surface area contributed by atoms with Crippen LogP contribution in [0, 0.1) is 0 Å². The number of aromatic nitrogens is 3. The van der Waals surface area contributed by atoms with Crippen LogP contribution in [0.4, 0.5) is 17.6 Å². The van der Waals surface area contributed by atoms with E-state index in [-0.39, 0.29) is 17.9 Å². The van der Waals surface area contributed by atoms with Gasteiger partial charge < -0.3 is 15.8 Å². The van der Waals surface area contributed by atoms with Gasteiger partial charge in [0.25, 0.3) is 0 Å². The third-order valence-electron chi connectivity index (χ3n) is 2.30. The number of hydrogen-bond donors (Lipinski definition) is 2. The van der Waals surface area contributed by atoms with Gasteiger partial charge in [0, 0.05) is 5.69 Å². The van der Waals surface area contributed by atoms with Crippen LogP contribution < -0.4 is 15.8 Å². The van der Waals surface area contributed by atoms with Crippen LogP contribution >= 0.6 is 11.6 Å². The Labute approximate surface area is 122 Å². The lowest BCUT2D eigenvalue weighted by atomic mass is 10.3. The van der Waals surface area contributed by atoms with Crippen molar-refractivity contribution < 1.29 is 4.74 Å². The van der Waals surface area contributed by atoms with E-state index in [2.05, 4.69) is 20.3 Å². The van der Waals surface area contributed by atoms with Gasteiger partial charge in [-0.25, -0.2) is 0 Å². The predicted octanol–water partition coefficient (Wildman–Crippen LogP) is 2.72. The largest absolute Gasteiger partial charge is 0.491 e. The number of anilines is 3. The van der Waals surface area contributed by atoms with Gasteiger partial charge in [0.15, 0.2) is 5.82 Å². The van der Waals surface area contributed by atoms with E-state index in [4.69, 9.17) is 22.1 Å². The smallest absolute Gasteiger partial charge is 0.232 e. The molecular weight excluding hydrogens is 278 g/mol. The maximum absolute atomic E-state index is 5.69. The predicted molar refractivity (Wildman–Crippen MR) is 79.3 cm³/mol. The van der Waals surface area contributed by atoms with E-state index in [1.54, 1.807) is 0 Å². The molecule has 0 aliphatic rings. The van der Waals surface area contributed by atoms with Gasteiger partial charge in [-0.15, -0.1) is 11.6 Å². The Morgan fingerprint density at radius 1 is 1.20 bits per heavy atom. The highest BCUT2D eigenvalue weighted by Crippen LogP contribution is 2.19. The van der Waals surface area contributed by atoms with Crippen LogP contribution in [-0.4, -0.2) is 21.1 Å². The molecular formula is C13H16ClN5O. The minimum absolute atomic E-state index is 0.137. The summed E-state index contributed by atoms with van der Waals surface area (Å²) in [5.41, 5.74) is 6.41. The summed E-state index contributed by atoms with van der Waals surface area (Å²) in [6, 6.07) is 7.49. The Bertz CT molecular complexity index is 573. The number of nitrogen functional groups attached to an aromatic ring is 1. The van der Waals surface area contributed by atoms with Crippen molar-refractivity contribution in [1.82, 2.24) is 15.0 Å². The Morgan fingerprint density at radius 3 is 2.50 bits per heavy atom. The summed E-state index contributed by atoms with van der Waals surface area (Å²) >= 11 is 5.69. The summed E-state index contributed by atoms with van der Waals surface area (Å²) in [5.74, 6) is 1.93. The molecule has 0 amide bonds. The fraction of sp³-hybridized carbons (Fsp3) is 0.308. The number of ether oxygens (including phenoxy) is 1. The van der Waals surface area contributed by atoms with Gasteiger partial charge in [-0.1, -0.05) is 0 Å². The molecule has 1 heterocycles. The fourth-order valence-electron chi connectivity index (χ4n) is 1.57. The zero-order valence-electron chi connectivity index (χ0n) is 11.3. The molecule has 20 heavy (non-hydrogen) atoms. The molecule has 1 aromatic heterocycles. The molecule has 2 aromatic rings. The van der Waals surface area contributed by atoms with Crippen molar-refractivity contribution in [3.8, 4) is 5.75 Å². The first-order valence-electron chi connectivity index (χ1n) is 6.17. The first-order chi connectivity index (χ1) is 9.56. The number of alkyl halides is 1. The number of benzene rings is 1. The van der Waals surface area contributed by atoms with Gasteiger partial charge in [0.1, 0.15) is 5.75 Å². The highest BCUT2D eigenvalue weighted by atomic mass is 35.5. The quantitative estimate of drug-likeness (QED) is 0.824. The average Bonchev–Trinajstić information content (AvgIpc) is 2.39.